The van der Waals surface area contributed by atoms with Gasteiger partial charge in [0.25, 0.3) is 0 Å². The van der Waals surface area contributed by atoms with Crippen LogP contribution >= 0.6 is 23.5 Å². The molecule has 0 aliphatic heterocycles. The lowest BCUT2D eigenvalue weighted by Crippen LogP contribution is -2.25. The molecule has 2 aromatic carbocycles. The highest BCUT2D eigenvalue weighted by Crippen LogP contribution is 2.28. The van der Waals surface area contributed by atoms with Gasteiger partial charge in [0.05, 0.1) is 16.6 Å². The third-order valence-electron chi connectivity index (χ3n) is 4.80. The van der Waals surface area contributed by atoms with Crippen molar-refractivity contribution in [2.24, 2.45) is 0 Å². The first-order valence-electron chi connectivity index (χ1n) is 10.4. The van der Waals surface area contributed by atoms with Crippen molar-refractivity contribution < 1.29 is 14.7 Å². The SMILES string of the molecule is C=CCn1c(CSc2ccc(C)cc2)nnc1SC(CC)C(=O)Nc1ccc(C(=O)O)cc1. The predicted molar refractivity (Wildman–Crippen MR) is 133 cm³/mol. The summed E-state index contributed by atoms with van der Waals surface area (Å²) in [7, 11) is 0. The first-order chi connectivity index (χ1) is 15.9. The number of carbonyl (C=O) groups is 2. The Hall–Kier alpha value is -3.04. The van der Waals surface area contributed by atoms with Crippen LogP contribution in [0.25, 0.3) is 0 Å². The van der Waals surface area contributed by atoms with Crippen molar-refractivity contribution >= 4 is 41.1 Å². The summed E-state index contributed by atoms with van der Waals surface area (Å²) in [6.07, 6.45) is 2.39. The van der Waals surface area contributed by atoms with E-state index in [1.54, 1.807) is 30.0 Å². The van der Waals surface area contributed by atoms with Gasteiger partial charge in [-0.3, -0.25) is 4.79 Å². The lowest BCUT2D eigenvalue weighted by Gasteiger charge is -2.15. The summed E-state index contributed by atoms with van der Waals surface area (Å²) in [6, 6.07) is 14.4. The Bertz CT molecular complexity index is 1110. The number of carboxylic acid groups (broad SMARTS) is 1. The van der Waals surface area contributed by atoms with Crippen molar-refractivity contribution in [3.8, 4) is 0 Å². The molecule has 0 bridgehead atoms. The molecule has 0 aliphatic carbocycles. The molecule has 1 heterocycles. The highest BCUT2D eigenvalue weighted by Gasteiger charge is 2.22. The summed E-state index contributed by atoms with van der Waals surface area (Å²) in [6.45, 7) is 8.39. The molecular formula is C24H26N4O3S2. The minimum absolute atomic E-state index is 0.169. The molecule has 172 valence electrons. The van der Waals surface area contributed by atoms with Crippen LogP contribution < -0.4 is 5.32 Å². The largest absolute Gasteiger partial charge is 0.478 e. The summed E-state index contributed by atoms with van der Waals surface area (Å²) in [5.74, 6) is 0.299. The number of hydrogen-bond acceptors (Lipinski definition) is 6. The number of amides is 1. The van der Waals surface area contributed by atoms with Crippen LogP contribution in [0.3, 0.4) is 0 Å². The fourth-order valence-electron chi connectivity index (χ4n) is 2.98. The van der Waals surface area contributed by atoms with Crippen LogP contribution in [0, 0.1) is 6.92 Å². The van der Waals surface area contributed by atoms with E-state index in [0.717, 1.165) is 10.7 Å². The zero-order chi connectivity index (χ0) is 23.8. The molecule has 0 radical (unpaired) electrons. The van der Waals surface area contributed by atoms with Crippen LogP contribution in [0.4, 0.5) is 5.69 Å². The summed E-state index contributed by atoms with van der Waals surface area (Å²) in [5, 5.41) is 20.9. The Morgan fingerprint density at radius 2 is 1.85 bits per heavy atom. The normalized spacial score (nSPS) is 11.7. The zero-order valence-corrected chi connectivity index (χ0v) is 20.2. The third-order valence-corrected chi connectivity index (χ3v) is 7.16. The number of aromatic carboxylic acids is 1. The standard InChI is InChI=1S/C24H26N4O3S2/c1-4-14-28-21(15-32-19-12-6-16(3)7-13-19)26-27-24(28)33-20(5-2)22(29)25-18-10-8-17(9-11-18)23(30)31/h4,6-13,20H,1,5,14-15H2,2-3H3,(H,25,29)(H,30,31). The van der Waals surface area contributed by atoms with E-state index in [1.807, 2.05) is 11.5 Å². The molecule has 9 heteroatoms. The van der Waals surface area contributed by atoms with Crippen LogP contribution in [0.2, 0.25) is 0 Å². The van der Waals surface area contributed by atoms with Crippen molar-refractivity contribution in [2.45, 2.75) is 47.9 Å². The molecule has 7 nitrogen and oxygen atoms in total. The van der Waals surface area contributed by atoms with Gasteiger partial charge < -0.3 is 15.0 Å². The zero-order valence-electron chi connectivity index (χ0n) is 18.5. The van der Waals surface area contributed by atoms with Gasteiger partial charge in [0.1, 0.15) is 5.82 Å². The fraction of sp³-hybridized carbons (Fsp3) is 0.250. The fourth-order valence-corrected chi connectivity index (χ4v) is 4.80. The van der Waals surface area contributed by atoms with E-state index in [0.29, 0.717) is 29.6 Å². The molecule has 2 N–H and O–H groups in total. The van der Waals surface area contributed by atoms with Crippen LogP contribution in [0.5, 0.6) is 0 Å². The molecule has 3 rings (SSSR count). The Morgan fingerprint density at radius 3 is 2.45 bits per heavy atom. The number of aromatic nitrogens is 3. The van der Waals surface area contributed by atoms with Crippen molar-refractivity contribution in [3.05, 3.63) is 78.1 Å². The predicted octanol–water partition coefficient (Wildman–Crippen LogP) is 5.27. The molecule has 1 atom stereocenters. The van der Waals surface area contributed by atoms with Crippen molar-refractivity contribution in [2.75, 3.05) is 5.32 Å². The number of thioether (sulfide) groups is 2. The molecule has 0 aliphatic rings. The molecule has 0 saturated heterocycles. The number of allylic oxidation sites excluding steroid dienone is 1. The maximum atomic E-state index is 12.9. The first kappa shape index (κ1) is 24.6. The van der Waals surface area contributed by atoms with E-state index < -0.39 is 5.97 Å². The van der Waals surface area contributed by atoms with Gasteiger partial charge in [0.2, 0.25) is 5.91 Å². The van der Waals surface area contributed by atoms with Crippen molar-refractivity contribution in [3.63, 3.8) is 0 Å². The molecule has 1 unspecified atom stereocenters. The van der Waals surface area contributed by atoms with E-state index in [2.05, 4.69) is 53.3 Å². The van der Waals surface area contributed by atoms with E-state index in [-0.39, 0.29) is 16.7 Å². The summed E-state index contributed by atoms with van der Waals surface area (Å²) >= 11 is 3.04. The smallest absolute Gasteiger partial charge is 0.335 e. The van der Waals surface area contributed by atoms with Gasteiger partial charge in [-0.2, -0.15) is 0 Å². The van der Waals surface area contributed by atoms with E-state index >= 15 is 0 Å². The number of aryl methyl sites for hydroxylation is 1. The average molecular weight is 483 g/mol. The second-order valence-corrected chi connectivity index (χ2v) is 9.50. The highest BCUT2D eigenvalue weighted by atomic mass is 32.2. The minimum atomic E-state index is -1.01. The third kappa shape index (κ3) is 6.72. The average Bonchev–Trinajstić information content (AvgIpc) is 3.18. The van der Waals surface area contributed by atoms with Crippen LogP contribution in [-0.4, -0.2) is 37.0 Å². The Balaban J connectivity index is 1.68. The number of nitrogens with zero attached hydrogens (tertiary/aromatic N) is 3. The van der Waals surface area contributed by atoms with Crippen molar-refractivity contribution in [1.82, 2.24) is 14.8 Å². The molecular weight excluding hydrogens is 456 g/mol. The number of hydrogen-bond donors (Lipinski definition) is 2. The summed E-state index contributed by atoms with van der Waals surface area (Å²) < 4.78 is 1.98. The van der Waals surface area contributed by atoms with Crippen LogP contribution in [0.15, 0.2) is 71.2 Å². The van der Waals surface area contributed by atoms with Crippen LogP contribution in [0.1, 0.15) is 35.1 Å². The molecule has 1 amide bonds. The number of anilines is 1. The lowest BCUT2D eigenvalue weighted by atomic mass is 10.2. The molecule has 3 aromatic rings. The lowest BCUT2D eigenvalue weighted by molar-refractivity contribution is -0.115. The summed E-state index contributed by atoms with van der Waals surface area (Å²) in [5.41, 5.74) is 1.93. The maximum Gasteiger partial charge on any atom is 0.335 e. The summed E-state index contributed by atoms with van der Waals surface area (Å²) in [4.78, 5) is 25.0. The second-order valence-electron chi connectivity index (χ2n) is 7.29. The Labute approximate surface area is 201 Å². The van der Waals surface area contributed by atoms with E-state index in [1.165, 1.54) is 29.5 Å². The molecule has 0 saturated carbocycles. The van der Waals surface area contributed by atoms with Crippen LogP contribution in [-0.2, 0) is 17.1 Å². The number of benzene rings is 2. The Morgan fingerprint density at radius 1 is 1.15 bits per heavy atom. The van der Waals surface area contributed by atoms with Gasteiger partial charge in [-0.15, -0.1) is 28.5 Å². The van der Waals surface area contributed by atoms with Gasteiger partial charge >= 0.3 is 5.97 Å². The molecule has 1 aromatic heterocycles. The second kappa shape index (κ2) is 11.7. The minimum Gasteiger partial charge on any atom is -0.478 e. The molecule has 0 fully saturated rings. The molecule has 33 heavy (non-hydrogen) atoms. The van der Waals surface area contributed by atoms with E-state index in [4.69, 9.17) is 5.11 Å². The Kier molecular flexibility index (Phi) is 8.73. The number of rotatable bonds is 11. The first-order valence-corrected chi connectivity index (χ1v) is 12.3. The van der Waals surface area contributed by atoms with Gasteiger partial charge in [-0.25, -0.2) is 4.79 Å². The molecule has 0 spiro atoms. The number of nitrogens with one attached hydrogen (secondary N) is 1. The van der Waals surface area contributed by atoms with E-state index in [9.17, 15) is 9.59 Å². The van der Waals surface area contributed by atoms with Gasteiger partial charge in [-0.05, 0) is 49.7 Å². The monoisotopic (exact) mass is 482 g/mol. The number of carbonyl (C=O) groups excluding carboxylic acids is 1. The van der Waals surface area contributed by atoms with Crippen molar-refractivity contribution in [1.29, 1.82) is 0 Å². The van der Waals surface area contributed by atoms with Gasteiger partial charge in [0, 0.05) is 17.1 Å². The quantitative estimate of drug-likeness (QED) is 0.284. The maximum absolute atomic E-state index is 12.9. The number of carboxylic acids is 1. The topological polar surface area (TPSA) is 97.1 Å². The highest BCUT2D eigenvalue weighted by molar-refractivity contribution is 8.00. The van der Waals surface area contributed by atoms with Gasteiger partial charge in [0.15, 0.2) is 5.16 Å². The van der Waals surface area contributed by atoms with Gasteiger partial charge in [-0.1, -0.05) is 42.5 Å².